The van der Waals surface area contributed by atoms with Gasteiger partial charge in [-0.25, -0.2) is 5.01 Å². The van der Waals surface area contributed by atoms with E-state index in [-0.39, 0.29) is 0 Å². The first-order valence-corrected chi connectivity index (χ1v) is 3.86. The summed E-state index contributed by atoms with van der Waals surface area (Å²) in [7, 11) is 0. The maximum absolute atomic E-state index is 5.66. The molecule has 1 aliphatic carbocycles. The Balaban J connectivity index is 2.02. The number of fused-ring (bicyclic) bond motifs is 1. The first-order valence-electron chi connectivity index (χ1n) is 3.86. The second kappa shape index (κ2) is 1.96. The Bertz CT molecular complexity index is 101. The molecule has 1 saturated carbocycles. The van der Waals surface area contributed by atoms with E-state index in [4.69, 9.17) is 5.84 Å². The zero-order chi connectivity index (χ0) is 6.27. The van der Waals surface area contributed by atoms with Crippen molar-refractivity contribution >= 4 is 0 Å². The van der Waals surface area contributed by atoms with Crippen LogP contribution in [0.3, 0.4) is 0 Å². The Kier molecular flexibility index (Phi) is 1.24. The highest BCUT2D eigenvalue weighted by molar-refractivity contribution is 4.86. The van der Waals surface area contributed by atoms with Gasteiger partial charge in [-0.1, -0.05) is 6.42 Å². The van der Waals surface area contributed by atoms with Gasteiger partial charge in [0.05, 0.1) is 0 Å². The quantitative estimate of drug-likeness (QED) is 0.481. The van der Waals surface area contributed by atoms with Gasteiger partial charge >= 0.3 is 0 Å². The number of hydrogen-bond acceptors (Lipinski definition) is 2. The molecule has 1 saturated heterocycles. The highest BCUT2D eigenvalue weighted by Crippen LogP contribution is 2.36. The van der Waals surface area contributed by atoms with Crippen LogP contribution in [0.1, 0.15) is 19.3 Å². The van der Waals surface area contributed by atoms with E-state index in [1.54, 1.807) is 0 Å². The Labute approximate surface area is 56.0 Å². The Morgan fingerprint density at radius 2 is 1.67 bits per heavy atom. The van der Waals surface area contributed by atoms with Crippen LogP contribution in [0.25, 0.3) is 0 Å². The second-order valence-electron chi connectivity index (χ2n) is 3.40. The van der Waals surface area contributed by atoms with E-state index < -0.39 is 0 Å². The highest BCUT2D eigenvalue weighted by Gasteiger charge is 2.34. The van der Waals surface area contributed by atoms with E-state index in [0.717, 1.165) is 24.9 Å². The monoisotopic (exact) mass is 126 g/mol. The molecule has 0 unspecified atom stereocenters. The number of nitrogens with two attached hydrogens (primary N) is 1. The van der Waals surface area contributed by atoms with Crippen LogP contribution >= 0.6 is 0 Å². The minimum Gasteiger partial charge on any atom is -0.269 e. The summed E-state index contributed by atoms with van der Waals surface area (Å²) in [5, 5.41) is 1.98. The van der Waals surface area contributed by atoms with E-state index in [1.807, 2.05) is 5.01 Å². The maximum Gasteiger partial charge on any atom is 0.0160 e. The van der Waals surface area contributed by atoms with Gasteiger partial charge in [-0.2, -0.15) is 0 Å². The third-order valence-corrected chi connectivity index (χ3v) is 2.75. The normalized spacial score (nSPS) is 43.7. The van der Waals surface area contributed by atoms with E-state index in [9.17, 15) is 0 Å². The summed E-state index contributed by atoms with van der Waals surface area (Å²) in [6.45, 7) is 2.31. The van der Waals surface area contributed by atoms with Crippen LogP contribution in [0.4, 0.5) is 0 Å². The van der Waals surface area contributed by atoms with Crippen molar-refractivity contribution in [2.75, 3.05) is 13.1 Å². The fourth-order valence-corrected chi connectivity index (χ4v) is 2.27. The van der Waals surface area contributed by atoms with Gasteiger partial charge in [0.2, 0.25) is 0 Å². The number of rotatable bonds is 0. The van der Waals surface area contributed by atoms with Crippen molar-refractivity contribution in [3.63, 3.8) is 0 Å². The van der Waals surface area contributed by atoms with E-state index in [1.165, 1.54) is 19.3 Å². The van der Waals surface area contributed by atoms with Crippen LogP contribution in [0.15, 0.2) is 0 Å². The minimum absolute atomic E-state index is 0.954. The first kappa shape index (κ1) is 5.69. The molecule has 2 N–H and O–H groups in total. The molecule has 2 atom stereocenters. The van der Waals surface area contributed by atoms with Gasteiger partial charge in [0.25, 0.3) is 0 Å². The largest absolute Gasteiger partial charge is 0.269 e. The molecule has 0 bridgehead atoms. The maximum atomic E-state index is 5.66. The van der Waals surface area contributed by atoms with Gasteiger partial charge in [-0.3, -0.25) is 5.84 Å². The van der Waals surface area contributed by atoms with E-state index >= 15 is 0 Å². The van der Waals surface area contributed by atoms with Crippen LogP contribution in [0.5, 0.6) is 0 Å². The molecule has 2 rings (SSSR count). The van der Waals surface area contributed by atoms with Gasteiger partial charge in [-0.15, -0.1) is 0 Å². The summed E-state index contributed by atoms with van der Waals surface area (Å²) in [5.74, 6) is 7.57. The van der Waals surface area contributed by atoms with E-state index in [2.05, 4.69) is 0 Å². The average Bonchev–Trinajstić information content (AvgIpc) is 2.22. The number of nitrogens with zero attached hydrogens (tertiary/aromatic N) is 1. The molecule has 52 valence electrons. The Morgan fingerprint density at radius 1 is 1.11 bits per heavy atom. The molecule has 0 aromatic rings. The van der Waals surface area contributed by atoms with Crippen molar-refractivity contribution in [1.82, 2.24) is 5.01 Å². The first-order chi connectivity index (χ1) is 4.36. The molecule has 1 aliphatic heterocycles. The molecule has 0 aromatic heterocycles. The zero-order valence-corrected chi connectivity index (χ0v) is 5.71. The molecule has 2 aliphatic rings. The predicted molar refractivity (Wildman–Crippen MR) is 36.6 cm³/mol. The smallest absolute Gasteiger partial charge is 0.0160 e. The summed E-state index contributed by atoms with van der Waals surface area (Å²) < 4.78 is 0. The molecule has 9 heavy (non-hydrogen) atoms. The molecule has 2 nitrogen and oxygen atoms in total. The third kappa shape index (κ3) is 0.864. The minimum atomic E-state index is 0.954. The van der Waals surface area contributed by atoms with Crippen molar-refractivity contribution in [1.29, 1.82) is 0 Å². The number of hydrazine groups is 1. The van der Waals surface area contributed by atoms with Gasteiger partial charge in [0, 0.05) is 13.1 Å². The van der Waals surface area contributed by atoms with Crippen molar-refractivity contribution in [2.45, 2.75) is 19.3 Å². The van der Waals surface area contributed by atoms with Gasteiger partial charge in [-0.05, 0) is 24.7 Å². The fourth-order valence-electron chi connectivity index (χ4n) is 2.27. The lowest BCUT2D eigenvalue weighted by molar-refractivity contribution is 0.324. The zero-order valence-electron chi connectivity index (χ0n) is 5.71. The molecular weight excluding hydrogens is 112 g/mol. The summed E-state index contributed by atoms with van der Waals surface area (Å²) in [4.78, 5) is 0. The van der Waals surface area contributed by atoms with Crippen LogP contribution in [-0.2, 0) is 0 Å². The summed E-state index contributed by atoms with van der Waals surface area (Å²) in [5.41, 5.74) is 0. The van der Waals surface area contributed by atoms with Crippen molar-refractivity contribution < 1.29 is 0 Å². The van der Waals surface area contributed by atoms with Gasteiger partial charge < -0.3 is 0 Å². The lowest BCUT2D eigenvalue weighted by atomic mass is 10.0. The molecule has 2 heteroatoms. The number of hydrogen-bond donors (Lipinski definition) is 1. The molecular formula is C7H14N2. The second-order valence-corrected chi connectivity index (χ2v) is 3.40. The Hall–Kier alpha value is -0.0800. The molecule has 2 fully saturated rings. The SMILES string of the molecule is NN1C[C@H]2CCC[C@H]2C1. The van der Waals surface area contributed by atoms with Gasteiger partial charge in [0.1, 0.15) is 0 Å². The van der Waals surface area contributed by atoms with Crippen LogP contribution < -0.4 is 5.84 Å². The standard InChI is InChI=1S/C7H14N2/c8-9-4-6-2-1-3-7(6)5-9/h6-7H,1-5,8H2/t6-,7+. The van der Waals surface area contributed by atoms with Crippen LogP contribution in [-0.4, -0.2) is 18.1 Å². The molecule has 0 aromatic carbocycles. The van der Waals surface area contributed by atoms with E-state index in [0.29, 0.717) is 0 Å². The lowest BCUT2D eigenvalue weighted by Crippen LogP contribution is -2.28. The average molecular weight is 126 g/mol. The third-order valence-electron chi connectivity index (χ3n) is 2.75. The molecule has 1 heterocycles. The van der Waals surface area contributed by atoms with Crippen molar-refractivity contribution in [3.05, 3.63) is 0 Å². The van der Waals surface area contributed by atoms with Crippen LogP contribution in [0, 0.1) is 11.8 Å². The highest BCUT2D eigenvalue weighted by atomic mass is 15.4. The topological polar surface area (TPSA) is 29.3 Å². The molecule has 0 radical (unpaired) electrons. The summed E-state index contributed by atoms with van der Waals surface area (Å²) in [6, 6.07) is 0. The Morgan fingerprint density at radius 3 is 2.22 bits per heavy atom. The fraction of sp³-hybridized carbons (Fsp3) is 1.00. The van der Waals surface area contributed by atoms with Crippen molar-refractivity contribution in [2.24, 2.45) is 17.7 Å². The summed E-state index contributed by atoms with van der Waals surface area (Å²) >= 11 is 0. The van der Waals surface area contributed by atoms with Gasteiger partial charge in [0.15, 0.2) is 0 Å². The lowest BCUT2D eigenvalue weighted by Gasteiger charge is -2.06. The molecule has 0 spiro atoms. The van der Waals surface area contributed by atoms with Crippen molar-refractivity contribution in [3.8, 4) is 0 Å². The predicted octanol–water partition coefficient (Wildman–Crippen LogP) is 0.592. The molecule has 0 amide bonds. The summed E-state index contributed by atoms with van der Waals surface area (Å²) in [6.07, 6.45) is 4.31. The van der Waals surface area contributed by atoms with Crippen LogP contribution in [0.2, 0.25) is 0 Å².